The number of carbonyl (C=O) groups excluding carboxylic acids is 2. The first kappa shape index (κ1) is 21.4. The molecule has 0 bridgehead atoms. The molecule has 1 atom stereocenters. The number of benzene rings is 3. The Morgan fingerprint density at radius 2 is 1.34 bits per heavy atom. The fourth-order valence-electron chi connectivity index (χ4n) is 3.43. The standard InChI is InChI=1S/C23H18Cl2O3P/c1-13-11-14(2)20(15(3)12-13)22(26)16-7-4-5-10-19(16)29(28)23(27)21-17(24)8-6-9-18(21)25/h4-12H,1-3H3/q+1. The van der Waals surface area contributed by atoms with Crippen LogP contribution < -0.4 is 5.30 Å². The van der Waals surface area contributed by atoms with Crippen molar-refractivity contribution < 1.29 is 14.2 Å². The third-order valence-corrected chi connectivity index (χ3v) is 6.68. The Balaban J connectivity index is 2.10. The van der Waals surface area contributed by atoms with Gasteiger partial charge in [0.1, 0.15) is 5.56 Å². The van der Waals surface area contributed by atoms with E-state index in [9.17, 15) is 14.2 Å². The van der Waals surface area contributed by atoms with Gasteiger partial charge in [-0.3, -0.25) is 4.79 Å². The molecule has 0 aliphatic carbocycles. The molecule has 0 spiro atoms. The van der Waals surface area contributed by atoms with E-state index in [1.54, 1.807) is 24.3 Å². The lowest BCUT2D eigenvalue weighted by Gasteiger charge is -2.10. The lowest BCUT2D eigenvalue weighted by atomic mass is 9.93. The van der Waals surface area contributed by atoms with Crippen molar-refractivity contribution in [2.24, 2.45) is 0 Å². The molecule has 0 aliphatic rings. The second-order valence-corrected chi connectivity index (χ2v) is 9.11. The summed E-state index contributed by atoms with van der Waals surface area (Å²) in [6.07, 6.45) is 0. The Hall–Kier alpha value is -2.32. The molecular formula is C23H18Cl2O3P+. The average Bonchev–Trinajstić information content (AvgIpc) is 2.66. The topological polar surface area (TPSA) is 51.2 Å². The van der Waals surface area contributed by atoms with Crippen LogP contribution in [-0.4, -0.2) is 11.3 Å². The van der Waals surface area contributed by atoms with Crippen LogP contribution >= 0.6 is 31.0 Å². The maximum Gasteiger partial charge on any atom is 0.459 e. The van der Waals surface area contributed by atoms with Crippen molar-refractivity contribution in [1.82, 2.24) is 0 Å². The van der Waals surface area contributed by atoms with Crippen molar-refractivity contribution in [2.45, 2.75) is 20.8 Å². The summed E-state index contributed by atoms with van der Waals surface area (Å²) in [5, 5.41) is 0.424. The second-order valence-electron chi connectivity index (χ2n) is 6.82. The largest absolute Gasteiger partial charge is 0.459 e. The lowest BCUT2D eigenvalue weighted by molar-refractivity contribution is 0.103. The Morgan fingerprint density at radius 3 is 1.93 bits per heavy atom. The molecule has 3 aromatic rings. The van der Waals surface area contributed by atoms with Gasteiger partial charge in [0.25, 0.3) is 0 Å². The van der Waals surface area contributed by atoms with Gasteiger partial charge in [-0.1, -0.05) is 63.7 Å². The Labute approximate surface area is 180 Å². The van der Waals surface area contributed by atoms with Crippen molar-refractivity contribution in [3.8, 4) is 0 Å². The van der Waals surface area contributed by atoms with Crippen LogP contribution in [0.5, 0.6) is 0 Å². The van der Waals surface area contributed by atoms with Gasteiger partial charge in [0.15, 0.2) is 5.78 Å². The van der Waals surface area contributed by atoms with Gasteiger partial charge >= 0.3 is 13.3 Å². The molecular weight excluding hydrogens is 426 g/mol. The number of rotatable bonds is 5. The van der Waals surface area contributed by atoms with E-state index in [1.165, 1.54) is 18.2 Å². The van der Waals surface area contributed by atoms with Crippen LogP contribution in [0.4, 0.5) is 0 Å². The Kier molecular flexibility index (Phi) is 6.33. The Bertz CT molecular complexity index is 1130. The highest BCUT2D eigenvalue weighted by molar-refractivity contribution is 7.71. The molecule has 0 fully saturated rings. The highest BCUT2D eigenvalue weighted by Gasteiger charge is 2.39. The first-order valence-electron chi connectivity index (χ1n) is 8.89. The fourth-order valence-corrected chi connectivity index (χ4v) is 5.41. The number of ketones is 1. The van der Waals surface area contributed by atoms with Crippen molar-refractivity contribution in [3.05, 3.63) is 98.0 Å². The summed E-state index contributed by atoms with van der Waals surface area (Å²) in [7, 11) is -2.59. The first-order chi connectivity index (χ1) is 13.7. The van der Waals surface area contributed by atoms with Crippen molar-refractivity contribution >= 4 is 47.6 Å². The summed E-state index contributed by atoms with van der Waals surface area (Å²) in [5.41, 5.74) is 2.81. The lowest BCUT2D eigenvalue weighted by Crippen LogP contribution is -2.17. The van der Waals surface area contributed by atoms with E-state index >= 15 is 0 Å². The van der Waals surface area contributed by atoms with Crippen molar-refractivity contribution in [3.63, 3.8) is 0 Å². The molecule has 0 N–H and O–H groups in total. The zero-order valence-corrected chi connectivity index (χ0v) is 18.5. The minimum absolute atomic E-state index is 0.00175. The van der Waals surface area contributed by atoms with Gasteiger partial charge < -0.3 is 0 Å². The molecule has 0 saturated carbocycles. The van der Waals surface area contributed by atoms with Crippen molar-refractivity contribution in [2.75, 3.05) is 0 Å². The number of aryl methyl sites for hydroxylation is 3. The summed E-state index contributed by atoms with van der Waals surface area (Å²) in [4.78, 5) is 26.2. The Morgan fingerprint density at radius 1 is 0.793 bits per heavy atom. The molecule has 1 unspecified atom stereocenters. The third-order valence-electron chi connectivity index (χ3n) is 4.63. The molecule has 0 radical (unpaired) electrons. The first-order valence-corrected chi connectivity index (χ1v) is 10.9. The van der Waals surface area contributed by atoms with Crippen LogP contribution in [0.25, 0.3) is 0 Å². The summed E-state index contributed by atoms with van der Waals surface area (Å²) in [5.74, 6) is -0.267. The molecule has 0 heterocycles. The highest BCUT2D eigenvalue weighted by atomic mass is 35.5. The number of hydrogen-bond acceptors (Lipinski definition) is 3. The van der Waals surface area contributed by atoms with Gasteiger partial charge in [-0.05, 0) is 56.2 Å². The minimum Gasteiger partial charge on any atom is -0.288 e. The molecule has 3 rings (SSSR count). The normalized spacial score (nSPS) is 11.3. The van der Waals surface area contributed by atoms with E-state index in [0.717, 1.165) is 16.7 Å². The van der Waals surface area contributed by atoms with Gasteiger partial charge in [0, 0.05) is 5.56 Å². The van der Waals surface area contributed by atoms with Gasteiger partial charge in [-0.2, -0.15) is 0 Å². The van der Waals surface area contributed by atoms with E-state index in [0.29, 0.717) is 5.56 Å². The molecule has 146 valence electrons. The summed E-state index contributed by atoms with van der Waals surface area (Å²) in [6, 6.07) is 14.9. The minimum atomic E-state index is -2.59. The smallest absolute Gasteiger partial charge is 0.288 e. The van der Waals surface area contributed by atoms with Gasteiger partial charge in [-0.25, -0.2) is 4.79 Å². The maximum absolute atomic E-state index is 13.3. The zero-order chi connectivity index (χ0) is 21.3. The summed E-state index contributed by atoms with van der Waals surface area (Å²) >= 11 is 12.2. The SMILES string of the molecule is Cc1cc(C)c(C(=O)c2ccccc2[P+](=O)C(=O)c2c(Cl)cccc2Cl)c(C)c1. The van der Waals surface area contributed by atoms with E-state index in [1.807, 2.05) is 32.9 Å². The third kappa shape index (κ3) is 4.18. The van der Waals surface area contributed by atoms with Gasteiger partial charge in [0.2, 0.25) is 5.30 Å². The molecule has 0 aliphatic heterocycles. The predicted octanol–water partition coefficient (Wildman–Crippen LogP) is 6.44. The quantitative estimate of drug-likeness (QED) is 0.336. The number of halogens is 2. The molecule has 3 aromatic carbocycles. The van der Waals surface area contributed by atoms with Crippen LogP contribution in [0.15, 0.2) is 54.6 Å². The van der Waals surface area contributed by atoms with Crippen LogP contribution in [0.1, 0.15) is 43.0 Å². The molecule has 29 heavy (non-hydrogen) atoms. The van der Waals surface area contributed by atoms with Crippen LogP contribution in [0.2, 0.25) is 10.0 Å². The molecule has 0 amide bonds. The predicted molar refractivity (Wildman–Crippen MR) is 119 cm³/mol. The van der Waals surface area contributed by atoms with E-state index < -0.39 is 13.3 Å². The number of hydrogen-bond donors (Lipinski definition) is 0. The van der Waals surface area contributed by atoms with Crippen LogP contribution in [0.3, 0.4) is 0 Å². The monoisotopic (exact) mass is 443 g/mol. The molecule has 0 saturated heterocycles. The number of carbonyl (C=O) groups is 2. The average molecular weight is 444 g/mol. The van der Waals surface area contributed by atoms with E-state index in [2.05, 4.69) is 0 Å². The highest BCUT2D eigenvalue weighted by Crippen LogP contribution is 2.35. The zero-order valence-electron chi connectivity index (χ0n) is 16.1. The summed E-state index contributed by atoms with van der Waals surface area (Å²) < 4.78 is 13.2. The van der Waals surface area contributed by atoms with Crippen molar-refractivity contribution in [1.29, 1.82) is 0 Å². The van der Waals surface area contributed by atoms with E-state index in [4.69, 9.17) is 23.2 Å². The second kappa shape index (κ2) is 8.59. The molecule has 3 nitrogen and oxygen atoms in total. The fraction of sp³-hybridized carbons (Fsp3) is 0.130. The summed E-state index contributed by atoms with van der Waals surface area (Å²) in [6.45, 7) is 5.69. The molecule has 6 heteroatoms. The maximum atomic E-state index is 13.3. The van der Waals surface area contributed by atoms with Crippen LogP contribution in [-0.2, 0) is 4.57 Å². The van der Waals surface area contributed by atoms with Crippen LogP contribution in [0, 0.1) is 20.8 Å². The van der Waals surface area contributed by atoms with Gasteiger partial charge in [0.05, 0.1) is 15.6 Å². The molecule has 0 aromatic heterocycles. The van der Waals surface area contributed by atoms with Gasteiger partial charge in [-0.15, -0.1) is 0 Å². The van der Waals surface area contributed by atoms with E-state index in [-0.39, 0.29) is 32.3 Å².